The monoisotopic (exact) mass is 525 g/mol. The van der Waals surface area contributed by atoms with Crippen LogP contribution in [0.3, 0.4) is 0 Å². The summed E-state index contributed by atoms with van der Waals surface area (Å²) in [6, 6.07) is 1.67. The molecule has 0 amide bonds. The molecule has 16 nitrogen and oxygen atoms in total. The van der Waals surface area contributed by atoms with Gasteiger partial charge >= 0.3 is 5.69 Å². The molecule has 2 aliphatic rings. The Labute approximate surface area is 207 Å². The first-order chi connectivity index (χ1) is 17.8. The van der Waals surface area contributed by atoms with Gasteiger partial charge in [-0.3, -0.25) is 4.57 Å². The summed E-state index contributed by atoms with van der Waals surface area (Å²) in [5, 5.41) is 66.7. The summed E-state index contributed by atoms with van der Waals surface area (Å²) in [6.45, 7) is -0.944. The van der Waals surface area contributed by atoms with Crippen LogP contribution in [0.4, 0.5) is 0 Å². The van der Waals surface area contributed by atoms with Crippen molar-refractivity contribution < 1.29 is 49.3 Å². The van der Waals surface area contributed by atoms with Crippen molar-refractivity contribution in [2.24, 2.45) is 0 Å². The van der Waals surface area contributed by atoms with Gasteiger partial charge in [-0.25, -0.2) is 9.48 Å². The fourth-order valence-electron chi connectivity index (χ4n) is 4.33. The smallest absolute Gasteiger partial charge is 0.353 e. The number of nitrogens with zero attached hydrogens (tertiary/aromatic N) is 5. The van der Waals surface area contributed by atoms with Crippen LogP contribution in [0.2, 0.25) is 0 Å². The molecule has 37 heavy (non-hydrogen) atoms. The van der Waals surface area contributed by atoms with Gasteiger partial charge in [-0.1, -0.05) is 5.21 Å². The first kappa shape index (κ1) is 25.8. The van der Waals surface area contributed by atoms with Gasteiger partial charge < -0.3 is 49.3 Å². The summed E-state index contributed by atoms with van der Waals surface area (Å²) in [6.07, 6.45) is -6.21. The summed E-state index contributed by atoms with van der Waals surface area (Å²) in [7, 11) is 0. The zero-order valence-electron chi connectivity index (χ0n) is 19.3. The van der Waals surface area contributed by atoms with Gasteiger partial charge in [0.15, 0.2) is 6.29 Å². The molecule has 2 saturated heterocycles. The lowest BCUT2D eigenvalue weighted by Crippen LogP contribution is -2.59. The molecule has 3 aromatic rings. The Morgan fingerprint density at radius 3 is 2.54 bits per heavy atom. The van der Waals surface area contributed by atoms with Crippen molar-refractivity contribution >= 4 is 11.1 Å². The molecule has 6 N–H and O–H groups in total. The first-order valence-corrected chi connectivity index (χ1v) is 11.5. The van der Waals surface area contributed by atoms with E-state index in [0.717, 1.165) is 0 Å². The van der Waals surface area contributed by atoms with Gasteiger partial charge in [0, 0.05) is 12.6 Å². The number of fused-ring (bicyclic) bond motifs is 1. The van der Waals surface area contributed by atoms with Crippen LogP contribution in [0.25, 0.3) is 11.1 Å². The van der Waals surface area contributed by atoms with E-state index in [0.29, 0.717) is 16.8 Å². The molecular formula is C21H27N5O11. The highest BCUT2D eigenvalue weighted by Gasteiger charge is 2.44. The van der Waals surface area contributed by atoms with Crippen molar-refractivity contribution in [1.82, 2.24) is 24.5 Å². The van der Waals surface area contributed by atoms with Gasteiger partial charge in [-0.2, -0.15) is 4.98 Å². The number of furan rings is 1. The summed E-state index contributed by atoms with van der Waals surface area (Å²) >= 11 is 0. The number of hydrogen-bond acceptors (Lipinski definition) is 14. The van der Waals surface area contributed by atoms with Crippen molar-refractivity contribution in [3.8, 4) is 0 Å². The molecule has 0 radical (unpaired) electrons. The van der Waals surface area contributed by atoms with Crippen molar-refractivity contribution in [2.75, 3.05) is 13.2 Å². The summed E-state index contributed by atoms with van der Waals surface area (Å²) in [4.78, 5) is 16.4. The van der Waals surface area contributed by atoms with E-state index in [1.165, 1.54) is 15.4 Å². The molecule has 2 aliphatic heterocycles. The molecular weight excluding hydrogens is 498 g/mol. The van der Waals surface area contributed by atoms with E-state index in [1.54, 1.807) is 12.3 Å². The highest BCUT2D eigenvalue weighted by Crippen LogP contribution is 2.28. The largest absolute Gasteiger partial charge is 0.441 e. The second kappa shape index (κ2) is 10.5. The molecule has 3 aromatic heterocycles. The minimum Gasteiger partial charge on any atom is -0.441 e. The molecule has 8 atom stereocenters. The number of aliphatic hydroxyl groups is 6. The number of aromatic nitrogens is 5. The SMILES string of the molecule is O=c1nc2oc(Cn3cc(CO[C@@H]4O[C@H](CO)[C@@H](O)[C@H](O)[C@H]4O)nn3)cc2cn1[C@H]1C[C@H](O)[C@@H](CO)O1. The number of rotatable bonds is 8. The second-order valence-electron chi connectivity index (χ2n) is 8.93. The second-order valence-corrected chi connectivity index (χ2v) is 8.93. The predicted octanol–water partition coefficient (Wildman–Crippen LogP) is -3.41. The van der Waals surface area contributed by atoms with Crippen molar-refractivity contribution in [3.63, 3.8) is 0 Å². The number of hydrogen-bond donors (Lipinski definition) is 6. The number of aliphatic hydroxyl groups excluding tert-OH is 6. The zero-order chi connectivity index (χ0) is 26.3. The summed E-state index contributed by atoms with van der Waals surface area (Å²) in [5.41, 5.74) is -0.154. The van der Waals surface area contributed by atoms with E-state index in [4.69, 9.17) is 18.6 Å². The van der Waals surface area contributed by atoms with Gasteiger partial charge in [-0.05, 0) is 6.07 Å². The maximum absolute atomic E-state index is 12.5. The van der Waals surface area contributed by atoms with E-state index < -0.39 is 61.4 Å². The minimum absolute atomic E-state index is 0.111. The number of ether oxygens (including phenoxy) is 3. The third-order valence-corrected chi connectivity index (χ3v) is 6.33. The van der Waals surface area contributed by atoms with Crippen molar-refractivity contribution in [2.45, 2.75) is 68.7 Å². The topological polar surface area (TPSA) is 228 Å². The molecule has 0 spiro atoms. The van der Waals surface area contributed by atoms with E-state index in [9.17, 15) is 35.4 Å². The average Bonchev–Trinajstić information content (AvgIpc) is 3.59. The standard InChI is InChI=1S/C21H27N5O11/c27-6-13-12(29)2-15(36-13)26-3-9-1-11(35-19(9)22-21(26)33)5-25-4-10(23-24-25)8-34-20-18(32)17(31)16(30)14(7-28)37-20/h1,3-4,12-18,20,27-32H,2,5-8H2/t12-,13+,14+,15+,16+,17-,18+,20+/m0/s1. The van der Waals surface area contributed by atoms with Gasteiger partial charge in [0.1, 0.15) is 54.7 Å². The lowest BCUT2D eigenvalue weighted by atomic mass is 9.99. The van der Waals surface area contributed by atoms with Crippen molar-refractivity contribution in [1.29, 1.82) is 0 Å². The predicted molar refractivity (Wildman–Crippen MR) is 118 cm³/mol. The molecule has 0 aliphatic carbocycles. The Morgan fingerprint density at radius 2 is 1.81 bits per heavy atom. The first-order valence-electron chi connectivity index (χ1n) is 11.5. The third-order valence-electron chi connectivity index (χ3n) is 6.33. The summed E-state index contributed by atoms with van der Waals surface area (Å²) < 4.78 is 24.6. The Bertz CT molecular complexity index is 1280. The molecule has 16 heteroatoms. The van der Waals surface area contributed by atoms with Crippen LogP contribution < -0.4 is 5.69 Å². The average molecular weight is 525 g/mol. The highest BCUT2D eigenvalue weighted by atomic mass is 16.7. The van der Waals surface area contributed by atoms with E-state index >= 15 is 0 Å². The maximum Gasteiger partial charge on any atom is 0.353 e. The Kier molecular flexibility index (Phi) is 7.35. The van der Waals surface area contributed by atoms with Crippen LogP contribution in [0.1, 0.15) is 24.1 Å². The normalized spacial score (nSPS) is 32.4. The fourth-order valence-corrected chi connectivity index (χ4v) is 4.33. The summed E-state index contributed by atoms with van der Waals surface area (Å²) in [5.74, 6) is 0.423. The molecule has 0 bridgehead atoms. The van der Waals surface area contributed by atoms with Gasteiger partial charge in [0.05, 0.1) is 37.5 Å². The Balaban J connectivity index is 1.23. The quantitative estimate of drug-likeness (QED) is 0.168. The molecule has 2 fully saturated rings. The van der Waals surface area contributed by atoms with Gasteiger partial charge in [0.2, 0.25) is 5.71 Å². The molecule has 5 rings (SSSR count). The van der Waals surface area contributed by atoms with Crippen molar-refractivity contribution in [3.05, 3.63) is 40.4 Å². The van der Waals surface area contributed by atoms with Gasteiger partial charge in [-0.15, -0.1) is 5.10 Å². The minimum atomic E-state index is -1.55. The zero-order valence-corrected chi connectivity index (χ0v) is 19.3. The molecule has 0 unspecified atom stereocenters. The Hall–Kier alpha value is -2.80. The van der Waals surface area contributed by atoms with Gasteiger partial charge in [0.25, 0.3) is 0 Å². The van der Waals surface area contributed by atoms with E-state index in [2.05, 4.69) is 15.3 Å². The molecule has 202 valence electrons. The van der Waals surface area contributed by atoms with Crippen LogP contribution in [0.15, 0.2) is 27.7 Å². The van der Waals surface area contributed by atoms with Crippen LogP contribution >= 0.6 is 0 Å². The maximum atomic E-state index is 12.5. The third kappa shape index (κ3) is 5.15. The van der Waals surface area contributed by atoms with Crippen LogP contribution in [-0.2, 0) is 27.4 Å². The molecule has 5 heterocycles. The fraction of sp³-hybridized carbons (Fsp3) is 0.619. The Morgan fingerprint density at radius 1 is 1.03 bits per heavy atom. The molecule has 0 saturated carbocycles. The lowest BCUT2D eigenvalue weighted by Gasteiger charge is -2.39. The van der Waals surface area contributed by atoms with E-state index in [1.807, 2.05) is 0 Å². The van der Waals surface area contributed by atoms with Crippen LogP contribution in [-0.4, -0.2) is 111 Å². The lowest BCUT2D eigenvalue weighted by molar-refractivity contribution is -0.304. The highest BCUT2D eigenvalue weighted by molar-refractivity contribution is 5.72. The van der Waals surface area contributed by atoms with Crippen LogP contribution in [0.5, 0.6) is 0 Å². The molecule has 0 aromatic carbocycles. The van der Waals surface area contributed by atoms with Crippen LogP contribution in [0, 0.1) is 0 Å². The van der Waals surface area contributed by atoms with E-state index in [-0.39, 0.29) is 31.9 Å².